The Hall–Kier alpha value is -4.12. The molecule has 0 bridgehead atoms. The minimum absolute atomic E-state index is 0.0413. The number of hydrogen-bond donors (Lipinski definition) is 4. The molecule has 2 aromatic carbocycles. The second kappa shape index (κ2) is 12.4. The fraction of sp³-hybridized carbons (Fsp3) is 0.448. The maximum Gasteiger partial charge on any atom is 0.244 e. The molecular formula is C29H36N8O3. The third kappa shape index (κ3) is 6.04. The van der Waals surface area contributed by atoms with Crippen LogP contribution in [0.4, 0.5) is 5.69 Å². The van der Waals surface area contributed by atoms with E-state index in [1.54, 1.807) is 4.90 Å². The number of rotatable bonds is 11. The van der Waals surface area contributed by atoms with E-state index in [-0.39, 0.29) is 36.2 Å². The molecule has 0 fully saturated rings. The summed E-state index contributed by atoms with van der Waals surface area (Å²) < 4.78 is 0. The van der Waals surface area contributed by atoms with E-state index in [0.717, 1.165) is 28.8 Å². The van der Waals surface area contributed by atoms with Crippen molar-refractivity contribution in [3.8, 4) is 0 Å². The van der Waals surface area contributed by atoms with E-state index in [0.29, 0.717) is 38.1 Å². The van der Waals surface area contributed by atoms with Crippen LogP contribution in [-0.2, 0) is 40.2 Å². The van der Waals surface area contributed by atoms with Crippen molar-refractivity contribution in [2.75, 3.05) is 11.4 Å². The van der Waals surface area contributed by atoms with Gasteiger partial charge in [-0.1, -0.05) is 74.0 Å². The predicted molar refractivity (Wildman–Crippen MR) is 149 cm³/mol. The fourth-order valence-corrected chi connectivity index (χ4v) is 5.56. The average molecular weight is 545 g/mol. The van der Waals surface area contributed by atoms with Crippen LogP contribution in [0, 0.1) is 5.92 Å². The zero-order valence-corrected chi connectivity index (χ0v) is 22.9. The molecule has 40 heavy (non-hydrogen) atoms. The highest BCUT2D eigenvalue weighted by molar-refractivity contribution is 6.06. The number of aryl methyl sites for hydroxylation is 1. The van der Waals surface area contributed by atoms with Gasteiger partial charge in [0.25, 0.3) is 0 Å². The molecular weight excluding hydrogens is 508 g/mol. The molecule has 11 heteroatoms. The summed E-state index contributed by atoms with van der Waals surface area (Å²) in [5.41, 5.74) is 3.88. The number of para-hydroxylation sites is 1. The van der Waals surface area contributed by atoms with Gasteiger partial charge >= 0.3 is 0 Å². The lowest BCUT2D eigenvalue weighted by Crippen LogP contribution is -2.56. The largest absolute Gasteiger partial charge is 0.352 e. The van der Waals surface area contributed by atoms with Crippen molar-refractivity contribution < 1.29 is 14.4 Å². The van der Waals surface area contributed by atoms with Gasteiger partial charge in [0.15, 0.2) is 5.82 Å². The SMILES string of the molecule is CC[C@H](C)[C@@H](CN[C@H]1CCc2cccc3c2N(C1=O)[C@H](C(=O)NCc1nn[nH]n1)C3)NC(=O)Cc1ccccc1. The van der Waals surface area contributed by atoms with Gasteiger partial charge in [-0.25, -0.2) is 0 Å². The average Bonchev–Trinajstić information content (AvgIpc) is 3.60. The van der Waals surface area contributed by atoms with Crippen LogP contribution >= 0.6 is 0 Å². The van der Waals surface area contributed by atoms with Crippen LogP contribution in [0.25, 0.3) is 0 Å². The molecule has 3 amide bonds. The van der Waals surface area contributed by atoms with Crippen molar-refractivity contribution in [3.05, 3.63) is 71.0 Å². The lowest BCUT2D eigenvalue weighted by Gasteiger charge is -2.30. The molecule has 4 N–H and O–H groups in total. The van der Waals surface area contributed by atoms with E-state index in [1.165, 1.54) is 0 Å². The number of benzene rings is 2. The summed E-state index contributed by atoms with van der Waals surface area (Å²) in [5.74, 6) is 0.165. The molecule has 4 atom stereocenters. The Morgan fingerprint density at radius 2 is 1.93 bits per heavy atom. The molecule has 11 nitrogen and oxygen atoms in total. The van der Waals surface area contributed by atoms with Gasteiger partial charge in [-0.2, -0.15) is 5.21 Å². The summed E-state index contributed by atoms with van der Waals surface area (Å²) in [6, 6.07) is 14.4. The van der Waals surface area contributed by atoms with Crippen LogP contribution in [0.15, 0.2) is 48.5 Å². The molecule has 0 spiro atoms. The van der Waals surface area contributed by atoms with Crippen molar-refractivity contribution in [3.63, 3.8) is 0 Å². The highest BCUT2D eigenvalue weighted by Gasteiger charge is 2.43. The van der Waals surface area contributed by atoms with Gasteiger partial charge in [-0.05, 0) is 35.4 Å². The number of carbonyl (C=O) groups is 3. The lowest BCUT2D eigenvalue weighted by molar-refractivity contribution is -0.127. The smallest absolute Gasteiger partial charge is 0.244 e. The van der Waals surface area contributed by atoms with Gasteiger partial charge in [-0.15, -0.1) is 10.2 Å². The van der Waals surface area contributed by atoms with Gasteiger partial charge in [-0.3, -0.25) is 19.3 Å². The van der Waals surface area contributed by atoms with Gasteiger partial charge in [0.05, 0.1) is 24.7 Å². The van der Waals surface area contributed by atoms with Crippen LogP contribution in [0.2, 0.25) is 0 Å². The van der Waals surface area contributed by atoms with Crippen LogP contribution < -0.4 is 20.9 Å². The molecule has 3 aromatic rings. The predicted octanol–water partition coefficient (Wildman–Crippen LogP) is 1.45. The quantitative estimate of drug-likeness (QED) is 0.286. The zero-order chi connectivity index (χ0) is 28.1. The monoisotopic (exact) mass is 544 g/mol. The Morgan fingerprint density at radius 3 is 2.67 bits per heavy atom. The minimum atomic E-state index is -0.658. The van der Waals surface area contributed by atoms with Crippen molar-refractivity contribution in [1.82, 2.24) is 36.6 Å². The van der Waals surface area contributed by atoms with Crippen molar-refractivity contribution in [2.45, 2.75) is 70.6 Å². The van der Waals surface area contributed by atoms with Gasteiger partial charge in [0.2, 0.25) is 17.7 Å². The van der Waals surface area contributed by atoms with E-state index in [2.05, 4.69) is 50.4 Å². The maximum atomic E-state index is 14.0. The number of anilines is 1. The van der Waals surface area contributed by atoms with E-state index in [1.807, 2.05) is 48.5 Å². The minimum Gasteiger partial charge on any atom is -0.352 e. The molecule has 0 saturated heterocycles. The molecule has 0 aliphatic carbocycles. The summed E-state index contributed by atoms with van der Waals surface area (Å²) in [7, 11) is 0. The first-order valence-electron chi connectivity index (χ1n) is 13.9. The van der Waals surface area contributed by atoms with Gasteiger partial charge in [0, 0.05) is 19.0 Å². The Labute approximate surface area is 233 Å². The Morgan fingerprint density at radius 1 is 1.12 bits per heavy atom. The molecule has 2 aliphatic heterocycles. The fourth-order valence-electron chi connectivity index (χ4n) is 5.56. The van der Waals surface area contributed by atoms with Crippen LogP contribution in [0.3, 0.4) is 0 Å². The van der Waals surface area contributed by atoms with E-state index in [9.17, 15) is 14.4 Å². The molecule has 210 valence electrons. The molecule has 1 aromatic heterocycles. The number of aromatic amines is 1. The molecule has 3 heterocycles. The Kier molecular flexibility index (Phi) is 8.49. The number of aromatic nitrogens is 4. The summed E-state index contributed by atoms with van der Waals surface area (Å²) in [6.07, 6.45) is 2.97. The Bertz CT molecular complexity index is 1330. The number of carbonyl (C=O) groups excluding carboxylic acids is 3. The normalized spacial score (nSPS) is 19.4. The van der Waals surface area contributed by atoms with Gasteiger partial charge in [0.1, 0.15) is 6.04 Å². The van der Waals surface area contributed by atoms with Crippen LogP contribution in [0.1, 0.15) is 49.2 Å². The zero-order valence-electron chi connectivity index (χ0n) is 22.9. The first-order chi connectivity index (χ1) is 19.4. The van der Waals surface area contributed by atoms with Crippen molar-refractivity contribution >= 4 is 23.4 Å². The lowest BCUT2D eigenvalue weighted by atomic mass is 9.97. The molecule has 2 aliphatic rings. The number of nitrogens with one attached hydrogen (secondary N) is 4. The second-order valence-electron chi connectivity index (χ2n) is 10.6. The van der Waals surface area contributed by atoms with Crippen molar-refractivity contribution in [2.24, 2.45) is 5.92 Å². The van der Waals surface area contributed by atoms with Gasteiger partial charge < -0.3 is 16.0 Å². The molecule has 0 radical (unpaired) electrons. The highest BCUT2D eigenvalue weighted by Crippen LogP contribution is 2.39. The number of nitrogens with zero attached hydrogens (tertiary/aromatic N) is 4. The van der Waals surface area contributed by atoms with Crippen molar-refractivity contribution in [1.29, 1.82) is 0 Å². The van der Waals surface area contributed by atoms with E-state index >= 15 is 0 Å². The molecule has 5 rings (SSSR count). The Balaban J connectivity index is 1.28. The molecule has 0 unspecified atom stereocenters. The third-order valence-electron chi connectivity index (χ3n) is 7.99. The summed E-state index contributed by atoms with van der Waals surface area (Å²) >= 11 is 0. The summed E-state index contributed by atoms with van der Waals surface area (Å²) in [5, 5.41) is 23.2. The number of H-pyrrole nitrogens is 1. The first kappa shape index (κ1) is 27.4. The van der Waals surface area contributed by atoms with Crippen LogP contribution in [-0.4, -0.2) is 63.0 Å². The second-order valence-corrected chi connectivity index (χ2v) is 10.6. The highest BCUT2D eigenvalue weighted by atomic mass is 16.2. The van der Waals surface area contributed by atoms with Crippen LogP contribution in [0.5, 0.6) is 0 Å². The standard InChI is InChI=1S/C29H36N8O3/c1-3-18(2)23(32-26(38)14-19-8-5-4-6-9-19)16-30-22-13-12-20-10-7-11-21-15-24(37(27(20)21)29(22)40)28(39)31-17-25-33-35-36-34-25/h4-11,18,22-24,30H,3,12-17H2,1-2H3,(H,31,39)(H,32,38)(H,33,34,35,36)/t18-,22-,23+,24-/m0/s1. The number of tetrazole rings is 1. The van der Waals surface area contributed by atoms with E-state index < -0.39 is 12.1 Å². The maximum absolute atomic E-state index is 14.0. The molecule has 0 saturated carbocycles. The topological polar surface area (TPSA) is 145 Å². The third-order valence-corrected chi connectivity index (χ3v) is 7.99. The summed E-state index contributed by atoms with van der Waals surface area (Å²) in [4.78, 5) is 41.8. The summed E-state index contributed by atoms with van der Waals surface area (Å²) in [6.45, 7) is 4.78. The first-order valence-corrected chi connectivity index (χ1v) is 13.9. The number of hydrogen-bond acceptors (Lipinski definition) is 7. The van der Waals surface area contributed by atoms with E-state index in [4.69, 9.17) is 0 Å². The number of amides is 3.